The maximum absolute atomic E-state index is 5.57. The highest BCUT2D eigenvalue weighted by Crippen LogP contribution is 2.36. The van der Waals surface area contributed by atoms with Gasteiger partial charge in [0.15, 0.2) is 0 Å². The summed E-state index contributed by atoms with van der Waals surface area (Å²) in [7, 11) is 0. The predicted molar refractivity (Wildman–Crippen MR) is 87.0 cm³/mol. The molecule has 2 aromatic rings. The Bertz CT molecular complexity index is 638. The van der Waals surface area contributed by atoms with E-state index >= 15 is 0 Å². The van der Waals surface area contributed by atoms with Crippen molar-refractivity contribution in [3.05, 3.63) is 27.1 Å². The molecule has 0 aromatic carbocycles. The van der Waals surface area contributed by atoms with Crippen LogP contribution in [0.15, 0.2) is 25.7 Å². The third kappa shape index (κ3) is 2.91. The van der Waals surface area contributed by atoms with Crippen LogP contribution in [0.4, 0.5) is 0 Å². The zero-order valence-corrected chi connectivity index (χ0v) is 14.9. The van der Waals surface area contributed by atoms with Crippen molar-refractivity contribution in [3.8, 4) is 11.5 Å². The van der Waals surface area contributed by atoms with Crippen molar-refractivity contribution in [2.75, 3.05) is 13.1 Å². The largest absolute Gasteiger partial charge is 0.338 e. The summed E-state index contributed by atoms with van der Waals surface area (Å²) in [6.45, 7) is 4.08. The van der Waals surface area contributed by atoms with Gasteiger partial charge in [0.2, 0.25) is 11.7 Å². The van der Waals surface area contributed by atoms with Crippen LogP contribution in [0.5, 0.6) is 0 Å². The first-order valence-electron chi connectivity index (χ1n) is 7.01. The minimum Gasteiger partial charge on any atom is -0.338 e. The summed E-state index contributed by atoms with van der Waals surface area (Å²) in [4.78, 5) is 8.98. The van der Waals surface area contributed by atoms with Crippen LogP contribution in [-0.4, -0.2) is 28.2 Å². The zero-order chi connectivity index (χ0) is 14.9. The summed E-state index contributed by atoms with van der Waals surface area (Å²) in [5, 5.41) is 7.53. The van der Waals surface area contributed by atoms with E-state index in [4.69, 9.17) is 4.52 Å². The molecule has 1 N–H and O–H groups in total. The first kappa shape index (κ1) is 15.1. The van der Waals surface area contributed by atoms with Gasteiger partial charge in [0.1, 0.15) is 5.69 Å². The lowest BCUT2D eigenvalue weighted by Gasteiger charge is -2.22. The summed E-state index contributed by atoms with van der Waals surface area (Å²) in [5.74, 6) is 1.26. The molecule has 0 bridgehead atoms. The molecule has 0 radical (unpaired) electrons. The quantitative estimate of drug-likeness (QED) is 0.824. The summed E-state index contributed by atoms with van der Waals surface area (Å²) in [6.07, 6.45) is 4.92. The third-order valence-electron chi connectivity index (χ3n) is 3.87. The van der Waals surface area contributed by atoms with Gasteiger partial charge in [-0.15, -0.1) is 0 Å². The van der Waals surface area contributed by atoms with Crippen molar-refractivity contribution in [1.82, 2.24) is 20.4 Å². The SMILES string of the molecule is CCCC1(c2nc(-c3ncc(Br)cc3Br)no2)CCNC1. The fourth-order valence-corrected chi connectivity index (χ4v) is 4.00. The van der Waals surface area contributed by atoms with E-state index in [0.717, 1.165) is 47.2 Å². The van der Waals surface area contributed by atoms with Gasteiger partial charge in [0.25, 0.3) is 0 Å². The molecule has 1 aliphatic rings. The van der Waals surface area contributed by atoms with Crippen molar-refractivity contribution in [2.24, 2.45) is 0 Å². The Labute approximate surface area is 140 Å². The van der Waals surface area contributed by atoms with E-state index in [1.807, 2.05) is 6.07 Å². The number of aromatic nitrogens is 3. The fraction of sp³-hybridized carbons (Fsp3) is 0.500. The molecule has 0 saturated carbocycles. The number of nitrogens with one attached hydrogen (secondary N) is 1. The van der Waals surface area contributed by atoms with Crippen LogP contribution in [0.2, 0.25) is 0 Å². The molecule has 1 aliphatic heterocycles. The van der Waals surface area contributed by atoms with Crippen LogP contribution >= 0.6 is 31.9 Å². The minimum atomic E-state index is -0.0260. The molecule has 1 unspecified atom stereocenters. The van der Waals surface area contributed by atoms with Crippen LogP contribution in [0, 0.1) is 0 Å². The van der Waals surface area contributed by atoms with Gasteiger partial charge >= 0.3 is 0 Å². The highest BCUT2D eigenvalue weighted by atomic mass is 79.9. The lowest BCUT2D eigenvalue weighted by molar-refractivity contribution is 0.277. The average molecular weight is 416 g/mol. The molecular formula is C14H16Br2N4O. The van der Waals surface area contributed by atoms with Crippen LogP contribution < -0.4 is 5.32 Å². The van der Waals surface area contributed by atoms with E-state index in [1.165, 1.54) is 0 Å². The Morgan fingerprint density at radius 3 is 2.95 bits per heavy atom. The van der Waals surface area contributed by atoms with Gasteiger partial charge in [-0.2, -0.15) is 4.98 Å². The highest BCUT2D eigenvalue weighted by Gasteiger charge is 2.40. The third-order valence-corrected chi connectivity index (χ3v) is 4.91. The van der Waals surface area contributed by atoms with Crippen molar-refractivity contribution in [2.45, 2.75) is 31.6 Å². The topological polar surface area (TPSA) is 63.8 Å². The summed E-state index contributed by atoms with van der Waals surface area (Å²) in [6, 6.07) is 1.93. The monoisotopic (exact) mass is 414 g/mol. The Kier molecular flexibility index (Phi) is 4.42. The van der Waals surface area contributed by atoms with Crippen molar-refractivity contribution in [3.63, 3.8) is 0 Å². The summed E-state index contributed by atoms with van der Waals surface area (Å²) in [5.41, 5.74) is 0.674. The first-order chi connectivity index (χ1) is 10.1. The highest BCUT2D eigenvalue weighted by molar-refractivity contribution is 9.11. The summed E-state index contributed by atoms with van der Waals surface area (Å²) >= 11 is 6.89. The van der Waals surface area contributed by atoms with E-state index < -0.39 is 0 Å². The van der Waals surface area contributed by atoms with Gasteiger partial charge in [-0.1, -0.05) is 18.5 Å². The fourth-order valence-electron chi connectivity index (χ4n) is 2.84. The zero-order valence-electron chi connectivity index (χ0n) is 11.7. The Morgan fingerprint density at radius 1 is 1.43 bits per heavy atom. The van der Waals surface area contributed by atoms with Crippen LogP contribution in [0.1, 0.15) is 32.1 Å². The predicted octanol–water partition coefficient (Wildman–Crippen LogP) is 3.69. The number of hydrogen-bond donors (Lipinski definition) is 1. The van der Waals surface area contributed by atoms with Crippen LogP contribution in [0.25, 0.3) is 11.5 Å². The second-order valence-electron chi connectivity index (χ2n) is 5.36. The molecule has 7 heteroatoms. The van der Waals surface area contributed by atoms with Crippen LogP contribution in [0.3, 0.4) is 0 Å². The molecule has 0 aliphatic carbocycles. The van der Waals surface area contributed by atoms with Gasteiger partial charge < -0.3 is 9.84 Å². The number of halogens is 2. The van der Waals surface area contributed by atoms with E-state index in [0.29, 0.717) is 11.5 Å². The first-order valence-corrected chi connectivity index (χ1v) is 8.59. The molecule has 1 saturated heterocycles. The Morgan fingerprint density at radius 2 is 2.29 bits per heavy atom. The van der Waals surface area contributed by atoms with Crippen molar-refractivity contribution in [1.29, 1.82) is 0 Å². The Balaban J connectivity index is 1.95. The number of nitrogens with zero attached hydrogens (tertiary/aromatic N) is 3. The molecule has 112 valence electrons. The van der Waals surface area contributed by atoms with Crippen LogP contribution in [-0.2, 0) is 5.41 Å². The molecule has 2 aromatic heterocycles. The average Bonchev–Trinajstić information content (AvgIpc) is 3.08. The standard InChI is InChI=1S/C14H16Br2N4O/c1-2-3-14(4-5-17-8-14)13-19-12(20-21-13)11-10(16)6-9(15)7-18-11/h6-7,17H,2-5,8H2,1H3. The molecule has 3 heterocycles. The molecule has 21 heavy (non-hydrogen) atoms. The smallest absolute Gasteiger partial charge is 0.234 e. The summed E-state index contributed by atoms with van der Waals surface area (Å²) < 4.78 is 7.32. The Hall–Kier alpha value is -0.790. The van der Waals surface area contributed by atoms with Crippen molar-refractivity contribution < 1.29 is 4.52 Å². The number of rotatable bonds is 4. The number of pyridine rings is 1. The lowest BCUT2D eigenvalue weighted by Crippen LogP contribution is -2.29. The van der Waals surface area contributed by atoms with Gasteiger partial charge in [-0.25, -0.2) is 0 Å². The molecule has 3 rings (SSSR count). The van der Waals surface area contributed by atoms with E-state index in [9.17, 15) is 0 Å². The van der Waals surface area contributed by atoms with Gasteiger partial charge in [0.05, 0.1) is 5.41 Å². The van der Waals surface area contributed by atoms with E-state index in [1.54, 1.807) is 6.20 Å². The minimum absolute atomic E-state index is 0.0260. The van der Waals surface area contributed by atoms with Gasteiger partial charge in [-0.05, 0) is 57.3 Å². The normalized spacial score (nSPS) is 21.9. The molecule has 1 atom stereocenters. The lowest BCUT2D eigenvalue weighted by atomic mass is 9.82. The van der Waals surface area contributed by atoms with Gasteiger partial charge in [-0.3, -0.25) is 4.98 Å². The second kappa shape index (κ2) is 6.14. The van der Waals surface area contributed by atoms with E-state index in [-0.39, 0.29) is 5.41 Å². The molecular weight excluding hydrogens is 400 g/mol. The van der Waals surface area contributed by atoms with Gasteiger partial charge in [0, 0.05) is 21.7 Å². The van der Waals surface area contributed by atoms with E-state index in [2.05, 4.69) is 59.2 Å². The maximum Gasteiger partial charge on any atom is 0.234 e. The second-order valence-corrected chi connectivity index (χ2v) is 7.13. The van der Waals surface area contributed by atoms with Crippen molar-refractivity contribution >= 4 is 31.9 Å². The number of hydrogen-bond acceptors (Lipinski definition) is 5. The molecule has 1 fully saturated rings. The molecule has 5 nitrogen and oxygen atoms in total. The molecule has 0 amide bonds. The maximum atomic E-state index is 5.57. The molecule has 0 spiro atoms.